The van der Waals surface area contributed by atoms with Crippen LogP contribution in [-0.4, -0.2) is 25.5 Å². The third-order valence-corrected chi connectivity index (χ3v) is 5.82. The second-order valence-electron chi connectivity index (χ2n) is 6.64. The lowest BCUT2D eigenvalue weighted by atomic mass is 10.1. The van der Waals surface area contributed by atoms with Gasteiger partial charge >= 0.3 is 0 Å². The number of rotatable bonds is 2. The molecule has 4 aromatic rings. The number of pyridine rings is 1. The number of phenols is 1. The number of amides is 1. The zero-order valence-electron chi connectivity index (χ0n) is 15.4. The van der Waals surface area contributed by atoms with Crippen LogP contribution in [0.5, 0.6) is 5.75 Å². The first-order valence-electron chi connectivity index (χ1n) is 8.39. The van der Waals surface area contributed by atoms with Gasteiger partial charge in [0, 0.05) is 10.9 Å². The number of nitrogen functional groups attached to an aromatic ring is 1. The molecule has 0 aliphatic carbocycles. The van der Waals surface area contributed by atoms with Gasteiger partial charge in [-0.2, -0.15) is 0 Å². The topological polar surface area (TPSA) is 120 Å². The molecular weight excluding hydrogens is 362 g/mol. The largest absolute Gasteiger partial charge is 0.508 e. The molecule has 3 aromatic heterocycles. The highest BCUT2D eigenvalue weighted by Crippen LogP contribution is 2.41. The number of nitrogens with two attached hydrogens (primary N) is 2. The zero-order valence-corrected chi connectivity index (χ0v) is 16.2. The smallest absolute Gasteiger partial charge is 0.253 e. The first-order chi connectivity index (χ1) is 12.7. The van der Waals surface area contributed by atoms with Gasteiger partial charge in [0.05, 0.1) is 32.2 Å². The number of phenolic OH excluding ortho intramolecular Hbond substituents is 1. The predicted molar refractivity (Wildman–Crippen MR) is 108 cm³/mol. The normalized spacial score (nSPS) is 11.6. The van der Waals surface area contributed by atoms with Gasteiger partial charge in [-0.1, -0.05) is 6.07 Å². The van der Waals surface area contributed by atoms with Crippen molar-refractivity contribution >= 4 is 44.3 Å². The van der Waals surface area contributed by atoms with Crippen molar-refractivity contribution in [3.05, 3.63) is 39.5 Å². The standard InChI is InChI=1S/C19H19N5O2S/c1-7-5-6-11(25)8(2)14(7)24-15-12(13(17(24)20)18(21)26)9(3)22-19-16(15)27-10(4)23-19/h5-6,25H,20H2,1-4H3,(H2,21,26). The number of aryl methyl sites for hydroxylation is 3. The van der Waals surface area contributed by atoms with E-state index < -0.39 is 5.91 Å². The molecule has 27 heavy (non-hydrogen) atoms. The number of primary amides is 1. The maximum absolute atomic E-state index is 12.3. The van der Waals surface area contributed by atoms with Crippen molar-refractivity contribution in [3.8, 4) is 11.4 Å². The summed E-state index contributed by atoms with van der Waals surface area (Å²) in [5.41, 5.74) is 16.6. The van der Waals surface area contributed by atoms with Gasteiger partial charge in [-0.25, -0.2) is 9.97 Å². The molecule has 7 nitrogen and oxygen atoms in total. The molecule has 0 aliphatic heterocycles. The number of thiazole rings is 1. The number of fused-ring (bicyclic) bond motifs is 3. The lowest BCUT2D eigenvalue weighted by Gasteiger charge is -2.16. The van der Waals surface area contributed by atoms with E-state index in [1.54, 1.807) is 10.6 Å². The number of carbonyl (C=O) groups is 1. The number of hydrogen-bond acceptors (Lipinski definition) is 6. The van der Waals surface area contributed by atoms with Crippen LogP contribution in [0.25, 0.3) is 26.9 Å². The number of carbonyl (C=O) groups excluding carboxylic acids is 1. The summed E-state index contributed by atoms with van der Waals surface area (Å²) >= 11 is 1.48. The van der Waals surface area contributed by atoms with Crippen molar-refractivity contribution in [2.45, 2.75) is 27.7 Å². The SMILES string of the molecule is Cc1nc2nc(C)c3c(C(N)=O)c(N)n(-c4c(C)ccc(O)c4C)c3c2s1. The van der Waals surface area contributed by atoms with Crippen molar-refractivity contribution < 1.29 is 9.90 Å². The molecule has 1 aromatic carbocycles. The quantitative estimate of drug-likeness (QED) is 0.492. The Morgan fingerprint density at radius 2 is 1.89 bits per heavy atom. The number of aromatic hydroxyl groups is 1. The van der Waals surface area contributed by atoms with Crippen molar-refractivity contribution in [2.75, 3.05) is 5.73 Å². The number of benzene rings is 1. The molecule has 0 saturated carbocycles. The van der Waals surface area contributed by atoms with Gasteiger partial charge in [0.1, 0.15) is 11.6 Å². The van der Waals surface area contributed by atoms with Crippen LogP contribution in [-0.2, 0) is 0 Å². The predicted octanol–water partition coefficient (Wildman–Crippen LogP) is 3.26. The fraction of sp³-hybridized carbons (Fsp3) is 0.211. The molecule has 0 unspecified atom stereocenters. The molecule has 3 heterocycles. The Kier molecular flexibility index (Phi) is 3.64. The van der Waals surface area contributed by atoms with E-state index in [2.05, 4.69) is 9.97 Å². The van der Waals surface area contributed by atoms with Crippen LogP contribution in [0.2, 0.25) is 0 Å². The molecule has 1 amide bonds. The first-order valence-corrected chi connectivity index (χ1v) is 9.21. The molecule has 0 fully saturated rings. The summed E-state index contributed by atoms with van der Waals surface area (Å²) in [6.07, 6.45) is 0. The summed E-state index contributed by atoms with van der Waals surface area (Å²) in [6, 6.07) is 3.46. The van der Waals surface area contributed by atoms with E-state index >= 15 is 0 Å². The summed E-state index contributed by atoms with van der Waals surface area (Å²) in [6.45, 7) is 7.47. The number of nitrogens with zero attached hydrogens (tertiary/aromatic N) is 3. The van der Waals surface area contributed by atoms with Crippen LogP contribution in [0.4, 0.5) is 5.82 Å². The van der Waals surface area contributed by atoms with Crippen LogP contribution >= 0.6 is 11.3 Å². The molecule has 8 heteroatoms. The lowest BCUT2D eigenvalue weighted by Crippen LogP contribution is -2.14. The van der Waals surface area contributed by atoms with Crippen LogP contribution in [0.1, 0.15) is 32.2 Å². The van der Waals surface area contributed by atoms with Crippen LogP contribution in [0.3, 0.4) is 0 Å². The average Bonchev–Trinajstić information content (AvgIpc) is 3.09. The first kappa shape index (κ1) is 17.3. The Labute approximate surface area is 159 Å². The summed E-state index contributed by atoms with van der Waals surface area (Å²) in [5, 5.41) is 11.8. The Bertz CT molecular complexity index is 1270. The van der Waals surface area contributed by atoms with E-state index in [1.165, 1.54) is 11.3 Å². The Balaban J connectivity index is 2.34. The number of hydrogen-bond donors (Lipinski definition) is 3. The maximum Gasteiger partial charge on any atom is 0.253 e. The molecule has 4 rings (SSSR count). The van der Waals surface area contributed by atoms with Gasteiger partial charge < -0.3 is 16.6 Å². The Morgan fingerprint density at radius 3 is 2.56 bits per heavy atom. The fourth-order valence-electron chi connectivity index (χ4n) is 3.67. The lowest BCUT2D eigenvalue weighted by molar-refractivity contribution is 0.100. The van der Waals surface area contributed by atoms with Gasteiger partial charge in [-0.15, -0.1) is 11.3 Å². The molecule has 0 aliphatic rings. The minimum Gasteiger partial charge on any atom is -0.508 e. The summed E-state index contributed by atoms with van der Waals surface area (Å²) < 4.78 is 2.63. The van der Waals surface area contributed by atoms with Gasteiger partial charge in [0.2, 0.25) is 0 Å². The fourth-order valence-corrected chi connectivity index (χ4v) is 4.57. The van der Waals surface area contributed by atoms with Crippen LogP contribution in [0, 0.1) is 27.7 Å². The molecule has 0 spiro atoms. The third kappa shape index (κ3) is 2.30. The minimum atomic E-state index is -0.614. The minimum absolute atomic E-state index is 0.153. The molecule has 138 valence electrons. The molecule has 0 saturated heterocycles. The van der Waals surface area contributed by atoms with Gasteiger partial charge in [0.25, 0.3) is 5.91 Å². The van der Waals surface area contributed by atoms with Crippen molar-refractivity contribution in [1.82, 2.24) is 14.5 Å². The molecule has 0 radical (unpaired) electrons. The summed E-state index contributed by atoms with van der Waals surface area (Å²) in [5.74, 6) is -0.227. The molecule has 5 N–H and O–H groups in total. The highest BCUT2D eigenvalue weighted by atomic mass is 32.1. The third-order valence-electron chi connectivity index (χ3n) is 4.85. The van der Waals surface area contributed by atoms with Crippen LogP contribution < -0.4 is 11.5 Å². The maximum atomic E-state index is 12.3. The van der Waals surface area contributed by atoms with E-state index in [9.17, 15) is 9.90 Å². The highest BCUT2D eigenvalue weighted by Gasteiger charge is 2.27. The van der Waals surface area contributed by atoms with Gasteiger partial charge in [-0.3, -0.25) is 9.36 Å². The highest BCUT2D eigenvalue weighted by molar-refractivity contribution is 7.19. The van der Waals surface area contributed by atoms with Crippen molar-refractivity contribution in [1.29, 1.82) is 0 Å². The van der Waals surface area contributed by atoms with E-state index in [0.717, 1.165) is 26.5 Å². The zero-order chi connectivity index (χ0) is 19.6. The number of aromatic nitrogens is 3. The second-order valence-corrected chi connectivity index (χ2v) is 7.84. The molecular formula is C19H19N5O2S. The number of anilines is 1. The Morgan fingerprint density at radius 1 is 1.19 bits per heavy atom. The summed E-state index contributed by atoms with van der Waals surface area (Å²) in [4.78, 5) is 21.3. The van der Waals surface area contributed by atoms with Gasteiger partial charge in [-0.05, 0) is 39.3 Å². The second kappa shape index (κ2) is 5.68. The average molecular weight is 381 g/mol. The van der Waals surface area contributed by atoms with E-state index in [4.69, 9.17) is 11.5 Å². The summed E-state index contributed by atoms with van der Waals surface area (Å²) in [7, 11) is 0. The van der Waals surface area contributed by atoms with Crippen molar-refractivity contribution in [2.24, 2.45) is 5.73 Å². The van der Waals surface area contributed by atoms with Gasteiger partial charge in [0.15, 0.2) is 5.65 Å². The Hall–Kier alpha value is -3.13. The van der Waals surface area contributed by atoms with E-state index in [0.29, 0.717) is 22.3 Å². The molecule has 0 bridgehead atoms. The molecule has 0 atom stereocenters. The van der Waals surface area contributed by atoms with Crippen molar-refractivity contribution in [3.63, 3.8) is 0 Å². The van der Waals surface area contributed by atoms with E-state index in [-0.39, 0.29) is 17.1 Å². The van der Waals surface area contributed by atoms with E-state index in [1.807, 2.05) is 33.8 Å². The monoisotopic (exact) mass is 381 g/mol. The van der Waals surface area contributed by atoms with Crippen LogP contribution in [0.15, 0.2) is 12.1 Å².